The smallest absolute Gasteiger partial charge is 0.130 e. The summed E-state index contributed by atoms with van der Waals surface area (Å²) in [5.74, 6) is 2.65. The minimum Gasteiger partial charge on any atom is -0.496 e. The highest BCUT2D eigenvalue weighted by molar-refractivity contribution is 9.09. The SMILES string of the molecule is COc1cc(OC)c(C(Br)C2CCOC2C)c(OC)c1. The Kier molecular flexibility index (Phi) is 5.16. The molecule has 1 aliphatic heterocycles. The molecule has 5 heteroatoms. The monoisotopic (exact) mass is 344 g/mol. The average Bonchev–Trinajstić information content (AvgIpc) is 2.91. The second-order valence-corrected chi connectivity index (χ2v) is 5.86. The lowest BCUT2D eigenvalue weighted by molar-refractivity contribution is 0.105. The maximum atomic E-state index is 5.66. The maximum Gasteiger partial charge on any atom is 0.130 e. The third-order valence-electron chi connectivity index (χ3n) is 3.84. The first kappa shape index (κ1) is 15.4. The molecule has 4 nitrogen and oxygen atoms in total. The molecule has 20 heavy (non-hydrogen) atoms. The standard InChI is InChI=1S/C15H21BrO4/c1-9-11(5-6-20-9)15(16)14-12(18-3)7-10(17-2)8-13(14)19-4/h7-9,11,15H,5-6H2,1-4H3. The van der Waals surface area contributed by atoms with Crippen molar-refractivity contribution in [2.45, 2.75) is 24.3 Å². The Morgan fingerprint density at radius 1 is 1.15 bits per heavy atom. The van der Waals surface area contributed by atoms with Gasteiger partial charge in [-0.3, -0.25) is 0 Å². The number of rotatable bonds is 5. The summed E-state index contributed by atoms with van der Waals surface area (Å²) in [4.78, 5) is 0.121. The van der Waals surface area contributed by atoms with Gasteiger partial charge in [0.25, 0.3) is 0 Å². The topological polar surface area (TPSA) is 36.9 Å². The summed E-state index contributed by atoms with van der Waals surface area (Å²) in [7, 11) is 4.95. The number of halogens is 1. The second kappa shape index (κ2) is 6.68. The molecule has 3 unspecified atom stereocenters. The molecule has 0 saturated carbocycles. The maximum absolute atomic E-state index is 5.66. The van der Waals surface area contributed by atoms with E-state index in [1.165, 1.54) is 0 Å². The van der Waals surface area contributed by atoms with Gasteiger partial charge in [-0.05, 0) is 13.3 Å². The Balaban J connectivity index is 2.42. The average molecular weight is 345 g/mol. The van der Waals surface area contributed by atoms with Gasteiger partial charge in [0.05, 0.1) is 37.8 Å². The fourth-order valence-electron chi connectivity index (χ4n) is 2.65. The Morgan fingerprint density at radius 2 is 1.75 bits per heavy atom. The Bertz CT molecular complexity index is 438. The van der Waals surface area contributed by atoms with Crippen LogP contribution in [0.3, 0.4) is 0 Å². The van der Waals surface area contributed by atoms with Crippen LogP contribution >= 0.6 is 15.9 Å². The van der Waals surface area contributed by atoms with Crippen LogP contribution in [-0.2, 0) is 4.74 Å². The third-order valence-corrected chi connectivity index (χ3v) is 4.98. The lowest BCUT2D eigenvalue weighted by Crippen LogP contribution is -2.17. The van der Waals surface area contributed by atoms with Gasteiger partial charge in [-0.2, -0.15) is 0 Å². The van der Waals surface area contributed by atoms with E-state index in [0.29, 0.717) is 5.92 Å². The van der Waals surface area contributed by atoms with Crippen molar-refractivity contribution in [2.24, 2.45) is 5.92 Å². The Morgan fingerprint density at radius 3 is 2.15 bits per heavy atom. The van der Waals surface area contributed by atoms with E-state index < -0.39 is 0 Å². The quantitative estimate of drug-likeness (QED) is 0.765. The largest absolute Gasteiger partial charge is 0.496 e. The van der Waals surface area contributed by atoms with Gasteiger partial charge < -0.3 is 18.9 Å². The summed E-state index contributed by atoms with van der Waals surface area (Å²) in [5.41, 5.74) is 1.01. The molecule has 0 bridgehead atoms. The fourth-order valence-corrected chi connectivity index (χ4v) is 3.80. The molecule has 0 spiro atoms. The van der Waals surface area contributed by atoms with Gasteiger partial charge in [-0.15, -0.1) is 0 Å². The summed E-state index contributed by atoms with van der Waals surface area (Å²) in [6.07, 6.45) is 1.24. The van der Waals surface area contributed by atoms with Crippen molar-refractivity contribution in [3.63, 3.8) is 0 Å². The summed E-state index contributed by atoms with van der Waals surface area (Å²) >= 11 is 3.80. The van der Waals surface area contributed by atoms with Gasteiger partial charge in [0.2, 0.25) is 0 Å². The minimum atomic E-state index is 0.121. The van der Waals surface area contributed by atoms with Gasteiger partial charge in [0.15, 0.2) is 0 Å². The van der Waals surface area contributed by atoms with Crippen LogP contribution in [-0.4, -0.2) is 34.0 Å². The fraction of sp³-hybridized carbons (Fsp3) is 0.600. The van der Waals surface area contributed by atoms with Crippen molar-refractivity contribution in [1.82, 2.24) is 0 Å². The number of hydrogen-bond donors (Lipinski definition) is 0. The third kappa shape index (κ3) is 2.88. The summed E-state index contributed by atoms with van der Waals surface area (Å²) in [5, 5.41) is 0. The summed E-state index contributed by atoms with van der Waals surface area (Å²) in [6, 6.07) is 3.76. The highest BCUT2D eigenvalue weighted by Crippen LogP contribution is 2.48. The molecule has 0 amide bonds. The first-order chi connectivity index (χ1) is 9.62. The second-order valence-electron chi connectivity index (χ2n) is 4.88. The lowest BCUT2D eigenvalue weighted by atomic mass is 9.92. The van der Waals surface area contributed by atoms with E-state index in [9.17, 15) is 0 Å². The van der Waals surface area contributed by atoms with Crippen molar-refractivity contribution in [3.05, 3.63) is 17.7 Å². The molecule has 1 heterocycles. The summed E-state index contributed by atoms with van der Waals surface area (Å²) in [6.45, 7) is 2.91. The zero-order valence-electron chi connectivity index (χ0n) is 12.3. The van der Waals surface area contributed by atoms with E-state index in [1.807, 2.05) is 12.1 Å². The number of methoxy groups -OCH3 is 3. The van der Waals surface area contributed by atoms with E-state index in [4.69, 9.17) is 18.9 Å². The van der Waals surface area contributed by atoms with Crippen molar-refractivity contribution in [1.29, 1.82) is 0 Å². The van der Waals surface area contributed by atoms with Crippen LogP contribution in [0.1, 0.15) is 23.7 Å². The highest BCUT2D eigenvalue weighted by atomic mass is 79.9. The normalized spacial score (nSPS) is 23.4. The molecule has 1 aromatic rings. The predicted octanol–water partition coefficient (Wildman–Crippen LogP) is 3.57. The zero-order chi connectivity index (χ0) is 14.7. The molecule has 2 rings (SSSR count). The van der Waals surface area contributed by atoms with Gasteiger partial charge in [-0.1, -0.05) is 15.9 Å². The Hall–Kier alpha value is -0.940. The number of ether oxygens (including phenoxy) is 4. The molecule has 1 saturated heterocycles. The molecule has 0 N–H and O–H groups in total. The number of benzene rings is 1. The van der Waals surface area contributed by atoms with Crippen LogP contribution in [0.5, 0.6) is 17.2 Å². The molecule has 112 valence electrons. The van der Waals surface area contributed by atoms with Crippen molar-refractivity contribution in [2.75, 3.05) is 27.9 Å². The molecular formula is C15H21BrO4. The lowest BCUT2D eigenvalue weighted by Gasteiger charge is -2.24. The highest BCUT2D eigenvalue weighted by Gasteiger charge is 2.34. The van der Waals surface area contributed by atoms with Gasteiger partial charge >= 0.3 is 0 Å². The van der Waals surface area contributed by atoms with Crippen LogP contribution < -0.4 is 14.2 Å². The molecule has 1 aromatic carbocycles. The molecule has 0 aliphatic carbocycles. The molecule has 1 fully saturated rings. The minimum absolute atomic E-state index is 0.121. The van der Waals surface area contributed by atoms with Crippen LogP contribution in [0.2, 0.25) is 0 Å². The molecule has 0 aromatic heterocycles. The van der Waals surface area contributed by atoms with E-state index in [0.717, 1.165) is 35.8 Å². The van der Waals surface area contributed by atoms with E-state index in [1.54, 1.807) is 21.3 Å². The molecule has 3 atom stereocenters. The number of alkyl halides is 1. The first-order valence-electron chi connectivity index (χ1n) is 6.68. The van der Waals surface area contributed by atoms with Crippen LogP contribution in [0.15, 0.2) is 12.1 Å². The van der Waals surface area contributed by atoms with Crippen LogP contribution in [0.4, 0.5) is 0 Å². The van der Waals surface area contributed by atoms with Crippen LogP contribution in [0.25, 0.3) is 0 Å². The van der Waals surface area contributed by atoms with Crippen molar-refractivity contribution in [3.8, 4) is 17.2 Å². The van der Waals surface area contributed by atoms with E-state index in [2.05, 4.69) is 22.9 Å². The molecule has 1 aliphatic rings. The first-order valence-corrected chi connectivity index (χ1v) is 7.59. The molecule has 0 radical (unpaired) electrons. The van der Waals surface area contributed by atoms with Gasteiger partial charge in [-0.25, -0.2) is 0 Å². The van der Waals surface area contributed by atoms with Gasteiger partial charge in [0, 0.05) is 24.7 Å². The van der Waals surface area contributed by atoms with E-state index in [-0.39, 0.29) is 10.9 Å². The Labute approximate surface area is 128 Å². The number of hydrogen-bond acceptors (Lipinski definition) is 4. The summed E-state index contributed by atoms with van der Waals surface area (Å²) < 4.78 is 22.0. The van der Waals surface area contributed by atoms with Crippen molar-refractivity contribution >= 4 is 15.9 Å². The molecular weight excluding hydrogens is 324 g/mol. The van der Waals surface area contributed by atoms with Gasteiger partial charge in [0.1, 0.15) is 17.2 Å². The van der Waals surface area contributed by atoms with Crippen LogP contribution in [0, 0.1) is 5.92 Å². The predicted molar refractivity (Wildman–Crippen MR) is 81.3 cm³/mol. The zero-order valence-corrected chi connectivity index (χ0v) is 13.9. The van der Waals surface area contributed by atoms with E-state index >= 15 is 0 Å². The van der Waals surface area contributed by atoms with Crippen molar-refractivity contribution < 1.29 is 18.9 Å².